The summed E-state index contributed by atoms with van der Waals surface area (Å²) < 4.78 is 10.1. The van der Waals surface area contributed by atoms with E-state index in [9.17, 15) is 0 Å². The van der Waals surface area contributed by atoms with Crippen LogP contribution in [0, 0.1) is 6.92 Å². The van der Waals surface area contributed by atoms with Gasteiger partial charge < -0.3 is 9.47 Å². The van der Waals surface area contributed by atoms with E-state index < -0.39 is 0 Å². The van der Waals surface area contributed by atoms with Gasteiger partial charge in [0.25, 0.3) is 0 Å². The number of ether oxygens (including phenoxy) is 2. The van der Waals surface area contributed by atoms with Crippen LogP contribution < -0.4 is 0 Å². The van der Waals surface area contributed by atoms with Crippen LogP contribution in [-0.4, -0.2) is 13.1 Å². The average Bonchev–Trinajstić information content (AvgIpc) is 1.76. The Bertz CT molecular complexity index is 69.3. The van der Waals surface area contributed by atoms with Gasteiger partial charge in [0, 0.05) is 0 Å². The third kappa shape index (κ3) is 2.33. The predicted octanol–water partition coefficient (Wildman–Crippen LogP) is 1.71. The second-order valence-electron chi connectivity index (χ2n) is 2.23. The van der Waals surface area contributed by atoms with E-state index in [-0.39, 0.29) is 6.29 Å². The van der Waals surface area contributed by atoms with Crippen LogP contribution in [0.5, 0.6) is 0 Å². The van der Waals surface area contributed by atoms with Crippen LogP contribution in [0.3, 0.4) is 0 Å². The first kappa shape index (κ1) is 7.03. The molecule has 1 fully saturated rings. The molecule has 2 heteroatoms. The molecule has 0 aliphatic carbocycles. The quantitative estimate of drug-likeness (QED) is 0.538. The normalized spacial score (nSPS) is 19.7. The molecule has 0 bridgehead atoms. The Labute approximate surface area is 56.2 Å². The molecule has 0 atom stereocenters. The number of rotatable bonds is 4. The van der Waals surface area contributed by atoms with Crippen LogP contribution in [0.15, 0.2) is 0 Å². The molecule has 0 aromatic rings. The summed E-state index contributed by atoms with van der Waals surface area (Å²) in [4.78, 5) is 0. The van der Waals surface area contributed by atoms with Crippen molar-refractivity contribution in [1.29, 1.82) is 0 Å². The molecule has 0 saturated carbocycles. The second-order valence-corrected chi connectivity index (χ2v) is 2.23. The summed E-state index contributed by atoms with van der Waals surface area (Å²) in [7, 11) is 0. The van der Waals surface area contributed by atoms with Crippen molar-refractivity contribution in [2.45, 2.75) is 32.0 Å². The van der Waals surface area contributed by atoms with Gasteiger partial charge in [0.2, 0.25) is 0 Å². The maximum Gasteiger partial charge on any atom is 0.163 e. The lowest BCUT2D eigenvalue weighted by Crippen LogP contribution is -2.30. The number of unbranched alkanes of at least 4 members (excludes halogenated alkanes) is 2. The van der Waals surface area contributed by atoms with Gasteiger partial charge in [-0.3, -0.25) is 0 Å². The summed E-state index contributed by atoms with van der Waals surface area (Å²) in [6.07, 6.45) is 4.52. The van der Waals surface area contributed by atoms with Gasteiger partial charge in [-0.05, 0) is 12.8 Å². The average molecular weight is 129 g/mol. The Morgan fingerprint density at radius 1 is 1.33 bits per heavy atom. The van der Waals surface area contributed by atoms with E-state index in [1.165, 1.54) is 12.8 Å². The lowest BCUT2D eigenvalue weighted by Gasteiger charge is -2.26. The van der Waals surface area contributed by atoms with Crippen LogP contribution in [0.4, 0.5) is 0 Å². The van der Waals surface area contributed by atoms with Crippen LogP contribution in [-0.2, 0) is 9.47 Å². The zero-order valence-electron chi connectivity index (χ0n) is 5.64. The van der Waals surface area contributed by atoms with Crippen LogP contribution in [0.1, 0.15) is 25.7 Å². The fraction of sp³-hybridized carbons (Fsp3) is 0.857. The van der Waals surface area contributed by atoms with Crippen LogP contribution >= 0.6 is 0 Å². The standard InChI is InChI=1S/C7H13O2/c1-2-3-4-5-7-8-6-9-7/h7H,1-6H2. The highest BCUT2D eigenvalue weighted by atomic mass is 16.8. The van der Waals surface area contributed by atoms with Crippen molar-refractivity contribution in [3.8, 4) is 0 Å². The lowest BCUT2D eigenvalue weighted by molar-refractivity contribution is -0.322. The van der Waals surface area contributed by atoms with Crippen LogP contribution in [0.2, 0.25) is 0 Å². The van der Waals surface area contributed by atoms with Gasteiger partial charge in [0.05, 0.1) is 0 Å². The van der Waals surface area contributed by atoms with Crippen molar-refractivity contribution in [3.63, 3.8) is 0 Å². The Balaban J connectivity index is 1.80. The van der Waals surface area contributed by atoms with Gasteiger partial charge in [0.1, 0.15) is 0 Å². The van der Waals surface area contributed by atoms with Crippen molar-refractivity contribution in [1.82, 2.24) is 0 Å². The smallest absolute Gasteiger partial charge is 0.163 e. The molecule has 2 nitrogen and oxygen atoms in total. The van der Waals surface area contributed by atoms with Gasteiger partial charge in [-0.2, -0.15) is 0 Å². The molecule has 0 spiro atoms. The van der Waals surface area contributed by atoms with Gasteiger partial charge in [-0.15, -0.1) is 0 Å². The Kier molecular flexibility index (Phi) is 3.01. The molecule has 1 aliphatic heterocycles. The van der Waals surface area contributed by atoms with E-state index in [1.807, 2.05) is 0 Å². The molecular weight excluding hydrogens is 116 g/mol. The predicted molar refractivity (Wildman–Crippen MR) is 34.6 cm³/mol. The lowest BCUT2D eigenvalue weighted by atomic mass is 10.2. The fourth-order valence-corrected chi connectivity index (χ4v) is 0.819. The maximum absolute atomic E-state index is 5.03. The summed E-state index contributed by atoms with van der Waals surface area (Å²) in [6.45, 7) is 4.24. The topological polar surface area (TPSA) is 18.5 Å². The first-order valence-electron chi connectivity index (χ1n) is 3.46. The summed E-state index contributed by atoms with van der Waals surface area (Å²) in [5, 5.41) is 0. The summed E-state index contributed by atoms with van der Waals surface area (Å²) in [5.74, 6) is 0. The van der Waals surface area contributed by atoms with Gasteiger partial charge in [-0.25, -0.2) is 0 Å². The highest BCUT2D eigenvalue weighted by molar-refractivity contribution is 4.51. The molecular formula is C7H13O2. The molecule has 1 rings (SSSR count). The molecule has 1 aliphatic rings. The molecule has 0 amide bonds. The van der Waals surface area contributed by atoms with E-state index >= 15 is 0 Å². The molecule has 9 heavy (non-hydrogen) atoms. The van der Waals surface area contributed by atoms with E-state index in [2.05, 4.69) is 6.92 Å². The number of hydrogen-bond acceptors (Lipinski definition) is 2. The fourth-order valence-electron chi connectivity index (χ4n) is 0.819. The largest absolute Gasteiger partial charge is 0.326 e. The minimum Gasteiger partial charge on any atom is -0.326 e. The zero-order chi connectivity index (χ0) is 6.53. The van der Waals surface area contributed by atoms with Crippen LogP contribution in [0.25, 0.3) is 0 Å². The molecule has 1 radical (unpaired) electrons. The second kappa shape index (κ2) is 3.85. The summed E-state index contributed by atoms with van der Waals surface area (Å²) >= 11 is 0. The third-order valence-corrected chi connectivity index (χ3v) is 1.45. The first-order valence-corrected chi connectivity index (χ1v) is 3.46. The molecule has 1 saturated heterocycles. The number of hydrogen-bond donors (Lipinski definition) is 0. The maximum atomic E-state index is 5.03. The first-order chi connectivity index (χ1) is 4.43. The summed E-state index contributed by atoms with van der Waals surface area (Å²) in [5.41, 5.74) is 0. The highest BCUT2D eigenvalue weighted by Crippen LogP contribution is 2.14. The van der Waals surface area contributed by atoms with E-state index in [0.29, 0.717) is 6.79 Å². The van der Waals surface area contributed by atoms with Crippen molar-refractivity contribution in [3.05, 3.63) is 6.92 Å². The zero-order valence-corrected chi connectivity index (χ0v) is 5.64. The SMILES string of the molecule is [CH2]CCCCC1OCO1. The molecule has 53 valence electrons. The van der Waals surface area contributed by atoms with Crippen molar-refractivity contribution in [2.75, 3.05) is 6.79 Å². The monoisotopic (exact) mass is 129 g/mol. The third-order valence-electron chi connectivity index (χ3n) is 1.45. The van der Waals surface area contributed by atoms with E-state index in [4.69, 9.17) is 9.47 Å². The summed E-state index contributed by atoms with van der Waals surface area (Å²) in [6, 6.07) is 0. The molecule has 0 aromatic carbocycles. The van der Waals surface area contributed by atoms with Crippen molar-refractivity contribution in [2.24, 2.45) is 0 Å². The van der Waals surface area contributed by atoms with E-state index in [1.54, 1.807) is 0 Å². The molecule has 0 aromatic heterocycles. The van der Waals surface area contributed by atoms with Gasteiger partial charge >= 0.3 is 0 Å². The molecule has 0 unspecified atom stereocenters. The van der Waals surface area contributed by atoms with Crippen molar-refractivity contribution >= 4 is 0 Å². The van der Waals surface area contributed by atoms with Gasteiger partial charge in [-0.1, -0.05) is 19.8 Å². The molecule has 1 heterocycles. The Morgan fingerprint density at radius 2 is 2.11 bits per heavy atom. The van der Waals surface area contributed by atoms with Gasteiger partial charge in [0.15, 0.2) is 13.1 Å². The van der Waals surface area contributed by atoms with E-state index in [0.717, 1.165) is 12.8 Å². The highest BCUT2D eigenvalue weighted by Gasteiger charge is 2.16. The Hall–Kier alpha value is -0.0800. The Morgan fingerprint density at radius 3 is 2.56 bits per heavy atom. The minimum absolute atomic E-state index is 0.108. The minimum atomic E-state index is 0.108. The molecule has 0 N–H and O–H groups in total. The van der Waals surface area contributed by atoms with Crippen molar-refractivity contribution < 1.29 is 9.47 Å².